The number of nitriles is 1. The van der Waals surface area contributed by atoms with E-state index in [1.54, 1.807) is 0 Å². The predicted octanol–water partition coefficient (Wildman–Crippen LogP) is 0.842. The minimum Gasteiger partial charge on any atom is -0.329 e. The van der Waals surface area contributed by atoms with Crippen LogP contribution in [0.25, 0.3) is 0 Å². The molecule has 0 amide bonds. The summed E-state index contributed by atoms with van der Waals surface area (Å²) in [7, 11) is 0. The fourth-order valence-electron chi connectivity index (χ4n) is 1.27. The molecule has 1 aromatic carbocycles. The van der Waals surface area contributed by atoms with Crippen LogP contribution in [-0.4, -0.2) is 19.6 Å². The molecule has 14 heavy (non-hydrogen) atoms. The second-order valence-electron chi connectivity index (χ2n) is 3.09. The highest BCUT2D eigenvalue weighted by Crippen LogP contribution is 2.12. The molecular formula is C11H15N3. The van der Waals surface area contributed by atoms with Gasteiger partial charge in [-0.3, -0.25) is 0 Å². The van der Waals surface area contributed by atoms with E-state index < -0.39 is 0 Å². The van der Waals surface area contributed by atoms with Crippen LogP contribution < -0.4 is 11.1 Å². The molecule has 0 radical (unpaired) electrons. The van der Waals surface area contributed by atoms with Crippen LogP contribution in [0.2, 0.25) is 0 Å². The molecule has 1 aromatic rings. The van der Waals surface area contributed by atoms with Gasteiger partial charge in [0, 0.05) is 19.6 Å². The quantitative estimate of drug-likeness (QED) is 0.675. The van der Waals surface area contributed by atoms with Gasteiger partial charge in [-0.2, -0.15) is 5.26 Å². The van der Waals surface area contributed by atoms with Crippen molar-refractivity contribution in [2.45, 2.75) is 5.92 Å². The zero-order valence-electron chi connectivity index (χ0n) is 8.11. The molecule has 3 nitrogen and oxygen atoms in total. The number of nitrogens with one attached hydrogen (secondary N) is 1. The Balaban J connectivity index is 2.52. The SMILES string of the molecule is N#CC(CNCCN)c1ccccc1. The molecule has 0 heterocycles. The molecule has 0 aromatic heterocycles. The molecule has 0 aliphatic heterocycles. The summed E-state index contributed by atoms with van der Waals surface area (Å²) in [5.74, 6) is -0.0808. The summed E-state index contributed by atoms with van der Waals surface area (Å²) in [5, 5.41) is 12.1. The molecule has 0 aliphatic carbocycles. The van der Waals surface area contributed by atoms with Crippen LogP contribution in [0.4, 0.5) is 0 Å². The van der Waals surface area contributed by atoms with Crippen LogP contribution >= 0.6 is 0 Å². The summed E-state index contributed by atoms with van der Waals surface area (Å²) < 4.78 is 0. The summed E-state index contributed by atoms with van der Waals surface area (Å²) in [4.78, 5) is 0. The van der Waals surface area contributed by atoms with Crippen molar-refractivity contribution in [3.63, 3.8) is 0 Å². The van der Waals surface area contributed by atoms with Crippen molar-refractivity contribution in [3.05, 3.63) is 35.9 Å². The van der Waals surface area contributed by atoms with E-state index >= 15 is 0 Å². The summed E-state index contributed by atoms with van der Waals surface area (Å²) in [6, 6.07) is 12.1. The molecule has 0 saturated carbocycles. The number of nitrogens with zero attached hydrogens (tertiary/aromatic N) is 1. The van der Waals surface area contributed by atoms with Gasteiger partial charge in [-0.1, -0.05) is 30.3 Å². The van der Waals surface area contributed by atoms with E-state index in [9.17, 15) is 0 Å². The summed E-state index contributed by atoms with van der Waals surface area (Å²) >= 11 is 0. The second-order valence-corrected chi connectivity index (χ2v) is 3.09. The van der Waals surface area contributed by atoms with E-state index in [0.717, 1.165) is 12.1 Å². The fraction of sp³-hybridized carbons (Fsp3) is 0.364. The molecule has 0 fully saturated rings. The summed E-state index contributed by atoms with van der Waals surface area (Å²) in [6.45, 7) is 2.02. The molecule has 3 N–H and O–H groups in total. The van der Waals surface area contributed by atoms with Crippen LogP contribution in [-0.2, 0) is 0 Å². The Kier molecular flexibility index (Phi) is 4.70. The monoisotopic (exact) mass is 189 g/mol. The van der Waals surface area contributed by atoms with Crippen molar-refractivity contribution in [1.29, 1.82) is 5.26 Å². The average molecular weight is 189 g/mol. The molecular weight excluding hydrogens is 174 g/mol. The highest BCUT2D eigenvalue weighted by atomic mass is 14.9. The van der Waals surface area contributed by atoms with Gasteiger partial charge in [-0.05, 0) is 5.56 Å². The molecule has 0 saturated heterocycles. The van der Waals surface area contributed by atoms with Crippen LogP contribution in [0, 0.1) is 11.3 Å². The van der Waals surface area contributed by atoms with E-state index in [2.05, 4.69) is 11.4 Å². The summed E-state index contributed by atoms with van der Waals surface area (Å²) in [6.07, 6.45) is 0. The van der Waals surface area contributed by atoms with Crippen molar-refractivity contribution < 1.29 is 0 Å². The third-order valence-corrected chi connectivity index (χ3v) is 2.03. The van der Waals surface area contributed by atoms with Crippen LogP contribution in [0.5, 0.6) is 0 Å². The topological polar surface area (TPSA) is 61.8 Å². The molecule has 1 atom stereocenters. The van der Waals surface area contributed by atoms with Gasteiger partial charge in [0.05, 0.1) is 12.0 Å². The van der Waals surface area contributed by atoms with Crippen LogP contribution in [0.3, 0.4) is 0 Å². The fourth-order valence-corrected chi connectivity index (χ4v) is 1.27. The van der Waals surface area contributed by atoms with Crippen molar-refractivity contribution in [2.24, 2.45) is 5.73 Å². The van der Waals surface area contributed by atoms with Crippen molar-refractivity contribution in [3.8, 4) is 6.07 Å². The first-order chi connectivity index (χ1) is 6.88. The van der Waals surface area contributed by atoms with Gasteiger partial charge in [-0.15, -0.1) is 0 Å². The summed E-state index contributed by atoms with van der Waals surface area (Å²) in [5.41, 5.74) is 6.40. The Labute approximate surface area is 84.5 Å². The first kappa shape index (κ1) is 10.7. The van der Waals surface area contributed by atoms with Crippen LogP contribution in [0.15, 0.2) is 30.3 Å². The first-order valence-electron chi connectivity index (χ1n) is 4.74. The Morgan fingerprint density at radius 2 is 2.07 bits per heavy atom. The smallest absolute Gasteiger partial charge is 0.0837 e. The highest BCUT2D eigenvalue weighted by molar-refractivity contribution is 5.24. The molecule has 74 valence electrons. The number of nitrogens with two attached hydrogens (primary N) is 1. The first-order valence-corrected chi connectivity index (χ1v) is 4.74. The average Bonchev–Trinajstić information content (AvgIpc) is 2.26. The lowest BCUT2D eigenvalue weighted by molar-refractivity contribution is 0.656. The van der Waals surface area contributed by atoms with E-state index in [1.165, 1.54) is 0 Å². The van der Waals surface area contributed by atoms with Gasteiger partial charge >= 0.3 is 0 Å². The Bertz CT molecular complexity index is 289. The third kappa shape index (κ3) is 3.17. The van der Waals surface area contributed by atoms with Crippen molar-refractivity contribution >= 4 is 0 Å². The normalized spacial score (nSPS) is 12.0. The lowest BCUT2D eigenvalue weighted by Gasteiger charge is -2.09. The maximum atomic E-state index is 8.96. The highest BCUT2D eigenvalue weighted by Gasteiger charge is 2.08. The van der Waals surface area contributed by atoms with Gasteiger partial charge in [0.15, 0.2) is 0 Å². The van der Waals surface area contributed by atoms with E-state index in [-0.39, 0.29) is 5.92 Å². The number of benzene rings is 1. The van der Waals surface area contributed by atoms with Crippen molar-refractivity contribution in [2.75, 3.05) is 19.6 Å². The van der Waals surface area contributed by atoms with Gasteiger partial charge in [0.1, 0.15) is 0 Å². The largest absolute Gasteiger partial charge is 0.329 e. The predicted molar refractivity (Wildman–Crippen MR) is 56.7 cm³/mol. The van der Waals surface area contributed by atoms with Gasteiger partial charge < -0.3 is 11.1 Å². The van der Waals surface area contributed by atoms with E-state index in [1.807, 2.05) is 30.3 Å². The maximum absolute atomic E-state index is 8.96. The maximum Gasteiger partial charge on any atom is 0.0837 e. The Hall–Kier alpha value is -1.37. The molecule has 1 unspecified atom stereocenters. The Morgan fingerprint density at radius 3 is 2.64 bits per heavy atom. The number of hydrogen-bond acceptors (Lipinski definition) is 3. The molecule has 3 heteroatoms. The molecule has 1 rings (SSSR count). The van der Waals surface area contributed by atoms with Gasteiger partial charge in [-0.25, -0.2) is 0 Å². The zero-order chi connectivity index (χ0) is 10.2. The third-order valence-electron chi connectivity index (χ3n) is 2.03. The number of hydrogen-bond donors (Lipinski definition) is 2. The number of rotatable bonds is 5. The van der Waals surface area contributed by atoms with E-state index in [0.29, 0.717) is 13.1 Å². The second kappa shape index (κ2) is 6.14. The Morgan fingerprint density at radius 1 is 1.36 bits per heavy atom. The van der Waals surface area contributed by atoms with E-state index in [4.69, 9.17) is 11.0 Å². The standard InChI is InChI=1S/C11H15N3/c12-6-7-14-9-11(8-13)10-4-2-1-3-5-10/h1-5,11,14H,6-7,9,12H2. The zero-order valence-corrected chi connectivity index (χ0v) is 8.11. The minimum absolute atomic E-state index is 0.0808. The van der Waals surface area contributed by atoms with Crippen LogP contribution in [0.1, 0.15) is 11.5 Å². The molecule has 0 aliphatic rings. The molecule has 0 spiro atoms. The van der Waals surface area contributed by atoms with Gasteiger partial charge in [0.25, 0.3) is 0 Å². The lowest BCUT2D eigenvalue weighted by atomic mass is 10.0. The van der Waals surface area contributed by atoms with Crippen molar-refractivity contribution in [1.82, 2.24) is 5.32 Å². The molecule has 0 bridgehead atoms. The van der Waals surface area contributed by atoms with Gasteiger partial charge in [0.2, 0.25) is 0 Å². The lowest BCUT2D eigenvalue weighted by Crippen LogP contribution is -2.26. The minimum atomic E-state index is -0.0808.